The maximum atomic E-state index is 12.6. The number of thioether (sulfide) groups is 1. The fourth-order valence-corrected chi connectivity index (χ4v) is 4.26. The molecule has 0 unspecified atom stereocenters. The van der Waals surface area contributed by atoms with Crippen molar-refractivity contribution in [2.75, 3.05) is 60.6 Å². The predicted octanol–water partition coefficient (Wildman–Crippen LogP) is 3.54. The molecule has 8 heteroatoms. The number of nitrogens with one attached hydrogen (secondary N) is 1. The minimum absolute atomic E-state index is 0.0420. The van der Waals surface area contributed by atoms with E-state index >= 15 is 0 Å². The van der Waals surface area contributed by atoms with Gasteiger partial charge in [-0.05, 0) is 49.8 Å². The Balaban J connectivity index is 1.33. The number of piperidine rings is 1. The summed E-state index contributed by atoms with van der Waals surface area (Å²) in [6.07, 6.45) is 7.60. The van der Waals surface area contributed by atoms with Gasteiger partial charge in [0.1, 0.15) is 5.82 Å². The van der Waals surface area contributed by atoms with Crippen molar-refractivity contribution < 1.29 is 4.79 Å². The molecule has 154 valence electrons. The van der Waals surface area contributed by atoms with E-state index in [0.717, 1.165) is 48.5 Å². The molecule has 0 spiro atoms. The van der Waals surface area contributed by atoms with Crippen molar-refractivity contribution in [3.63, 3.8) is 0 Å². The van der Waals surface area contributed by atoms with Crippen LogP contribution in [0.5, 0.6) is 0 Å². The van der Waals surface area contributed by atoms with Crippen molar-refractivity contribution >= 4 is 35.2 Å². The molecule has 0 atom stereocenters. The Kier molecular flexibility index (Phi) is 6.39. The van der Waals surface area contributed by atoms with Crippen LogP contribution in [0.4, 0.5) is 22.2 Å². The SMILES string of the molecule is CSc1cccc(NC(=O)N2CCN(c3ccnc(N4CCCCC4)n3)CC2)c1. The highest BCUT2D eigenvalue weighted by molar-refractivity contribution is 7.98. The van der Waals surface area contributed by atoms with E-state index in [4.69, 9.17) is 4.98 Å². The van der Waals surface area contributed by atoms with Crippen LogP contribution in [0.1, 0.15) is 19.3 Å². The number of nitrogens with zero attached hydrogens (tertiary/aromatic N) is 5. The third-order valence-corrected chi connectivity index (χ3v) is 6.20. The lowest BCUT2D eigenvalue weighted by atomic mass is 10.1. The molecule has 1 aromatic carbocycles. The summed E-state index contributed by atoms with van der Waals surface area (Å²) in [6, 6.07) is 9.86. The summed E-state index contributed by atoms with van der Waals surface area (Å²) in [6.45, 7) is 4.97. The predicted molar refractivity (Wildman–Crippen MR) is 119 cm³/mol. The molecule has 0 radical (unpaired) electrons. The molecule has 0 saturated carbocycles. The van der Waals surface area contributed by atoms with Gasteiger partial charge in [0.2, 0.25) is 5.95 Å². The second kappa shape index (κ2) is 9.35. The number of amides is 2. The van der Waals surface area contributed by atoms with Gasteiger partial charge < -0.3 is 20.0 Å². The zero-order valence-corrected chi connectivity index (χ0v) is 17.7. The number of aromatic nitrogens is 2. The Morgan fingerprint density at radius 1 is 1.00 bits per heavy atom. The van der Waals surface area contributed by atoms with Crippen molar-refractivity contribution in [1.29, 1.82) is 0 Å². The standard InChI is InChI=1S/C21H28N6OS/c1-29-18-7-5-6-17(16-18)23-21(28)27-14-12-25(13-15-27)19-8-9-22-20(24-19)26-10-3-2-4-11-26/h5-9,16H,2-4,10-15H2,1H3,(H,23,28). The van der Waals surface area contributed by atoms with Gasteiger partial charge in [-0.3, -0.25) is 0 Å². The first-order valence-corrected chi connectivity index (χ1v) is 11.5. The maximum Gasteiger partial charge on any atom is 0.321 e. The smallest absolute Gasteiger partial charge is 0.321 e. The first-order valence-electron chi connectivity index (χ1n) is 10.3. The number of hydrogen-bond donors (Lipinski definition) is 1. The topological polar surface area (TPSA) is 64.6 Å². The monoisotopic (exact) mass is 412 g/mol. The summed E-state index contributed by atoms with van der Waals surface area (Å²) in [7, 11) is 0. The summed E-state index contributed by atoms with van der Waals surface area (Å²) in [4.78, 5) is 29.4. The molecule has 2 amide bonds. The molecule has 29 heavy (non-hydrogen) atoms. The van der Waals surface area contributed by atoms with Crippen LogP contribution in [-0.4, -0.2) is 66.4 Å². The molecular weight excluding hydrogens is 384 g/mol. The Morgan fingerprint density at radius 2 is 1.79 bits per heavy atom. The van der Waals surface area contributed by atoms with Crippen molar-refractivity contribution in [3.05, 3.63) is 36.5 Å². The third kappa shape index (κ3) is 4.93. The highest BCUT2D eigenvalue weighted by atomic mass is 32.2. The van der Waals surface area contributed by atoms with Crippen LogP contribution in [0.2, 0.25) is 0 Å². The third-order valence-electron chi connectivity index (χ3n) is 5.48. The lowest BCUT2D eigenvalue weighted by molar-refractivity contribution is 0.208. The molecule has 2 aliphatic rings. The molecule has 2 fully saturated rings. The van der Waals surface area contributed by atoms with Crippen LogP contribution < -0.4 is 15.1 Å². The van der Waals surface area contributed by atoms with E-state index in [1.807, 2.05) is 47.7 Å². The van der Waals surface area contributed by atoms with Crippen molar-refractivity contribution in [1.82, 2.24) is 14.9 Å². The molecule has 4 rings (SSSR count). The minimum atomic E-state index is -0.0420. The van der Waals surface area contributed by atoms with Crippen molar-refractivity contribution in [2.45, 2.75) is 24.2 Å². The Bertz CT molecular complexity index is 833. The Morgan fingerprint density at radius 3 is 2.55 bits per heavy atom. The van der Waals surface area contributed by atoms with E-state index < -0.39 is 0 Å². The molecule has 7 nitrogen and oxygen atoms in total. The summed E-state index contributed by atoms with van der Waals surface area (Å²) in [5, 5.41) is 3.02. The van der Waals surface area contributed by atoms with Gasteiger partial charge in [-0.1, -0.05) is 6.07 Å². The lowest BCUT2D eigenvalue weighted by Crippen LogP contribution is -2.50. The molecule has 0 bridgehead atoms. The quantitative estimate of drug-likeness (QED) is 0.775. The number of rotatable bonds is 4. The number of urea groups is 1. The van der Waals surface area contributed by atoms with Gasteiger partial charge in [0.15, 0.2) is 0 Å². The largest absolute Gasteiger partial charge is 0.353 e. The van der Waals surface area contributed by atoms with E-state index in [9.17, 15) is 4.79 Å². The molecule has 1 aromatic heterocycles. The second-order valence-electron chi connectivity index (χ2n) is 7.40. The summed E-state index contributed by atoms with van der Waals surface area (Å²) in [5.74, 6) is 1.78. The molecule has 1 N–H and O–H groups in total. The van der Waals surface area contributed by atoms with Crippen molar-refractivity contribution in [3.8, 4) is 0 Å². The van der Waals surface area contributed by atoms with E-state index in [1.54, 1.807) is 11.8 Å². The van der Waals surface area contributed by atoms with Gasteiger partial charge in [-0.2, -0.15) is 4.98 Å². The average Bonchev–Trinajstić information content (AvgIpc) is 2.80. The minimum Gasteiger partial charge on any atom is -0.353 e. The van der Waals surface area contributed by atoms with Crippen LogP contribution >= 0.6 is 11.8 Å². The highest BCUT2D eigenvalue weighted by Crippen LogP contribution is 2.21. The first kappa shape index (κ1) is 19.8. The molecule has 3 heterocycles. The number of anilines is 3. The van der Waals surface area contributed by atoms with Crippen LogP contribution in [0.15, 0.2) is 41.4 Å². The number of hydrogen-bond acceptors (Lipinski definition) is 6. The number of carbonyl (C=O) groups is 1. The zero-order chi connectivity index (χ0) is 20.1. The fraction of sp³-hybridized carbons (Fsp3) is 0.476. The van der Waals surface area contributed by atoms with E-state index in [-0.39, 0.29) is 6.03 Å². The molecule has 2 aliphatic heterocycles. The second-order valence-corrected chi connectivity index (χ2v) is 8.28. The average molecular weight is 413 g/mol. The van der Waals surface area contributed by atoms with Gasteiger partial charge in [0.05, 0.1) is 0 Å². The Labute approximate surface area is 176 Å². The lowest BCUT2D eigenvalue weighted by Gasteiger charge is -2.35. The summed E-state index contributed by atoms with van der Waals surface area (Å²) >= 11 is 1.67. The molecular formula is C21H28N6OS. The fourth-order valence-electron chi connectivity index (χ4n) is 3.80. The summed E-state index contributed by atoms with van der Waals surface area (Å²) in [5.41, 5.74) is 0.839. The van der Waals surface area contributed by atoms with Gasteiger partial charge in [0.25, 0.3) is 0 Å². The maximum absolute atomic E-state index is 12.6. The van der Waals surface area contributed by atoms with Crippen molar-refractivity contribution in [2.24, 2.45) is 0 Å². The van der Waals surface area contributed by atoms with Crippen LogP contribution in [0.3, 0.4) is 0 Å². The number of carbonyl (C=O) groups excluding carboxylic acids is 1. The number of piperazine rings is 1. The van der Waals surface area contributed by atoms with Crippen LogP contribution in [-0.2, 0) is 0 Å². The molecule has 2 aromatic rings. The van der Waals surface area contributed by atoms with Gasteiger partial charge in [0, 0.05) is 56.0 Å². The molecule has 2 saturated heterocycles. The normalized spacial score (nSPS) is 17.3. The van der Waals surface area contributed by atoms with Gasteiger partial charge >= 0.3 is 6.03 Å². The Hall–Kier alpha value is -2.48. The van der Waals surface area contributed by atoms with Gasteiger partial charge in [-0.25, -0.2) is 9.78 Å². The van der Waals surface area contributed by atoms with E-state index in [0.29, 0.717) is 13.1 Å². The van der Waals surface area contributed by atoms with Crippen LogP contribution in [0, 0.1) is 0 Å². The van der Waals surface area contributed by atoms with Gasteiger partial charge in [-0.15, -0.1) is 11.8 Å². The zero-order valence-electron chi connectivity index (χ0n) is 16.9. The van der Waals surface area contributed by atoms with E-state index in [1.165, 1.54) is 19.3 Å². The highest BCUT2D eigenvalue weighted by Gasteiger charge is 2.23. The van der Waals surface area contributed by atoms with E-state index in [2.05, 4.69) is 20.1 Å². The summed E-state index contributed by atoms with van der Waals surface area (Å²) < 4.78 is 0. The van der Waals surface area contributed by atoms with Crippen LogP contribution in [0.25, 0.3) is 0 Å². The first-order chi connectivity index (χ1) is 14.2. The number of benzene rings is 1. The molecule has 0 aliphatic carbocycles.